The van der Waals surface area contributed by atoms with Crippen molar-refractivity contribution < 1.29 is 4.42 Å². The molecule has 0 fully saturated rings. The Hall–Kier alpha value is -4.85. The number of imidazole rings is 1. The Morgan fingerprint density at radius 3 is 2.73 bits per heavy atom. The molecule has 1 N–H and O–H groups in total. The molecule has 3 heterocycles. The summed E-state index contributed by atoms with van der Waals surface area (Å²) in [4.78, 5) is 9.47. The number of rotatable bonds is 6. The Morgan fingerprint density at radius 1 is 1.02 bits per heavy atom. The van der Waals surface area contributed by atoms with Crippen molar-refractivity contribution in [3.05, 3.63) is 112 Å². The first-order chi connectivity index (χ1) is 19.7. The van der Waals surface area contributed by atoms with Crippen LogP contribution in [0, 0.1) is 6.92 Å². The van der Waals surface area contributed by atoms with E-state index in [0.717, 1.165) is 65.8 Å². The molecule has 0 atom stereocenters. The molecule has 0 amide bonds. The monoisotopic (exact) mass is 527 g/mol. The molecule has 0 unspecified atom stereocenters. The summed E-state index contributed by atoms with van der Waals surface area (Å²) in [7, 11) is 0. The van der Waals surface area contributed by atoms with Crippen molar-refractivity contribution in [2.75, 3.05) is 0 Å². The van der Waals surface area contributed by atoms with Gasteiger partial charge >= 0.3 is 0 Å². The van der Waals surface area contributed by atoms with Crippen LogP contribution >= 0.6 is 0 Å². The van der Waals surface area contributed by atoms with Crippen LogP contribution < -0.4 is 0 Å². The van der Waals surface area contributed by atoms with Gasteiger partial charge in [-0.3, -0.25) is 0 Å². The van der Waals surface area contributed by atoms with Gasteiger partial charge in [0.1, 0.15) is 12.1 Å². The van der Waals surface area contributed by atoms with Gasteiger partial charge in [-0.2, -0.15) is 0 Å². The van der Waals surface area contributed by atoms with Crippen molar-refractivity contribution in [2.24, 2.45) is 0 Å². The van der Waals surface area contributed by atoms with Gasteiger partial charge in [0, 0.05) is 18.5 Å². The van der Waals surface area contributed by atoms with Crippen molar-refractivity contribution in [1.82, 2.24) is 35.2 Å². The van der Waals surface area contributed by atoms with Gasteiger partial charge in [-0.05, 0) is 93.8 Å². The Balaban J connectivity index is 1.33. The number of aromatic amines is 1. The van der Waals surface area contributed by atoms with Crippen LogP contribution in [0.3, 0.4) is 0 Å². The largest absolute Gasteiger partial charge is 0.445 e. The third-order valence-electron chi connectivity index (χ3n) is 7.69. The van der Waals surface area contributed by atoms with E-state index in [1.807, 2.05) is 0 Å². The minimum Gasteiger partial charge on any atom is -0.445 e. The van der Waals surface area contributed by atoms with Crippen molar-refractivity contribution in [2.45, 2.75) is 46.1 Å². The van der Waals surface area contributed by atoms with E-state index in [9.17, 15) is 0 Å². The minimum atomic E-state index is 0.626. The highest BCUT2D eigenvalue weighted by atomic mass is 16.3. The molecule has 0 spiro atoms. The van der Waals surface area contributed by atoms with Gasteiger partial charge in [-0.1, -0.05) is 49.4 Å². The van der Waals surface area contributed by atoms with E-state index in [2.05, 4.69) is 105 Å². The van der Waals surface area contributed by atoms with Crippen LogP contribution in [0.5, 0.6) is 0 Å². The molecule has 1 aliphatic carbocycles. The normalized spacial score (nSPS) is 13.9. The number of H-pyrrole nitrogens is 1. The maximum Gasteiger partial charge on any atom is 0.225 e. The molecule has 0 bridgehead atoms. The maximum absolute atomic E-state index is 5.62. The van der Waals surface area contributed by atoms with Crippen LogP contribution in [-0.4, -0.2) is 35.2 Å². The average Bonchev–Trinajstić information content (AvgIpc) is 3.73. The molecule has 198 valence electrons. The Kier molecular flexibility index (Phi) is 6.07. The lowest BCUT2D eigenvalue weighted by Crippen LogP contribution is -2.06. The zero-order valence-electron chi connectivity index (χ0n) is 22.6. The van der Waals surface area contributed by atoms with E-state index in [4.69, 9.17) is 9.40 Å². The number of oxazole rings is 1. The molecule has 0 aliphatic heterocycles. The lowest BCUT2D eigenvalue weighted by atomic mass is 9.92. The van der Waals surface area contributed by atoms with Crippen LogP contribution in [0.2, 0.25) is 0 Å². The molecule has 7 rings (SSSR count). The number of aryl methyl sites for hydroxylation is 4. The molecular weight excluding hydrogens is 498 g/mol. The first-order valence-electron chi connectivity index (χ1n) is 13.7. The van der Waals surface area contributed by atoms with E-state index in [0.29, 0.717) is 11.7 Å². The van der Waals surface area contributed by atoms with Gasteiger partial charge in [-0.25, -0.2) is 15.1 Å². The summed E-state index contributed by atoms with van der Waals surface area (Å²) in [6.45, 7) is 5.05. The van der Waals surface area contributed by atoms with Gasteiger partial charge < -0.3 is 8.98 Å². The number of aromatic nitrogens is 7. The number of benzene rings is 3. The summed E-state index contributed by atoms with van der Waals surface area (Å²) in [5, 5.41) is 14.6. The lowest BCUT2D eigenvalue weighted by molar-refractivity contribution is 0.574. The minimum absolute atomic E-state index is 0.626. The van der Waals surface area contributed by atoms with Gasteiger partial charge in [-0.15, -0.1) is 5.10 Å². The fourth-order valence-corrected chi connectivity index (χ4v) is 5.85. The van der Waals surface area contributed by atoms with Crippen molar-refractivity contribution in [3.8, 4) is 11.5 Å². The summed E-state index contributed by atoms with van der Waals surface area (Å²) in [5.74, 6) is 2.37. The third kappa shape index (κ3) is 4.31. The standard InChI is InChI=1S/C32H29N7O/c1-3-6-30-34-31-20(2)15-24(32-33-13-14-40-32)17-28(31)39(30)19-21-9-12-26-23(16-21)11-10-22-7-4-5-8-25(22)27(26)18-29-35-37-38-36-29/h4-5,7-9,12-18H,3,6,10-11,19H2,1-2H3,(H,35,36,37,38)/b27-18+. The highest BCUT2D eigenvalue weighted by Gasteiger charge is 2.20. The fourth-order valence-electron chi connectivity index (χ4n) is 5.85. The Bertz CT molecular complexity index is 1850. The highest BCUT2D eigenvalue weighted by molar-refractivity contribution is 5.93. The number of tetrazole rings is 1. The molecule has 3 aromatic heterocycles. The van der Waals surface area contributed by atoms with Crippen LogP contribution in [0.25, 0.3) is 34.1 Å². The van der Waals surface area contributed by atoms with Gasteiger partial charge in [0.25, 0.3) is 0 Å². The lowest BCUT2D eigenvalue weighted by Gasteiger charge is -2.15. The zero-order chi connectivity index (χ0) is 27.1. The maximum atomic E-state index is 5.62. The third-order valence-corrected chi connectivity index (χ3v) is 7.69. The predicted molar refractivity (Wildman–Crippen MR) is 155 cm³/mol. The zero-order valence-corrected chi connectivity index (χ0v) is 22.6. The highest BCUT2D eigenvalue weighted by Crippen LogP contribution is 2.35. The molecule has 8 nitrogen and oxygen atoms in total. The van der Waals surface area contributed by atoms with Crippen LogP contribution in [-0.2, 0) is 25.8 Å². The first-order valence-corrected chi connectivity index (χ1v) is 13.7. The summed E-state index contributed by atoms with van der Waals surface area (Å²) < 4.78 is 7.99. The van der Waals surface area contributed by atoms with E-state index in [1.165, 1.54) is 27.8 Å². The number of nitrogens with one attached hydrogen (secondary N) is 1. The topological polar surface area (TPSA) is 98.3 Å². The molecule has 8 heteroatoms. The molecule has 1 aliphatic rings. The summed E-state index contributed by atoms with van der Waals surface area (Å²) >= 11 is 0. The van der Waals surface area contributed by atoms with Crippen molar-refractivity contribution >= 4 is 22.7 Å². The second kappa shape index (κ2) is 10.0. The van der Waals surface area contributed by atoms with Gasteiger partial charge in [0.2, 0.25) is 5.89 Å². The molecule has 0 saturated carbocycles. The smallest absolute Gasteiger partial charge is 0.225 e. The number of nitrogens with zero attached hydrogens (tertiary/aromatic N) is 6. The molecule has 3 aromatic carbocycles. The van der Waals surface area contributed by atoms with Gasteiger partial charge in [0.05, 0.1) is 17.2 Å². The van der Waals surface area contributed by atoms with Crippen LogP contribution in [0.15, 0.2) is 71.5 Å². The van der Waals surface area contributed by atoms with Crippen molar-refractivity contribution in [3.63, 3.8) is 0 Å². The molecule has 0 radical (unpaired) electrons. The average molecular weight is 528 g/mol. The SMILES string of the molecule is CCCc1nc2c(C)cc(-c3ncco3)cc2n1Cc1ccc2c(c1)CCc1ccccc1/C2=C\c1nnn[nH]1. The Morgan fingerprint density at radius 2 is 1.90 bits per heavy atom. The fraction of sp³-hybridized carbons (Fsp3) is 0.219. The van der Waals surface area contributed by atoms with Crippen LogP contribution in [0.1, 0.15) is 58.4 Å². The van der Waals surface area contributed by atoms with E-state index in [-0.39, 0.29) is 0 Å². The van der Waals surface area contributed by atoms with E-state index < -0.39 is 0 Å². The van der Waals surface area contributed by atoms with Crippen LogP contribution in [0.4, 0.5) is 0 Å². The molecular formula is C32H29N7O. The van der Waals surface area contributed by atoms with Gasteiger partial charge in [0.15, 0.2) is 5.82 Å². The molecule has 6 aromatic rings. The quantitative estimate of drug-likeness (QED) is 0.277. The second-order valence-corrected chi connectivity index (χ2v) is 10.4. The predicted octanol–water partition coefficient (Wildman–Crippen LogP) is 6.20. The summed E-state index contributed by atoms with van der Waals surface area (Å²) in [6.07, 6.45) is 9.24. The molecule has 40 heavy (non-hydrogen) atoms. The summed E-state index contributed by atoms with van der Waals surface area (Å²) in [6, 6.07) is 19.7. The molecule has 0 saturated heterocycles. The summed E-state index contributed by atoms with van der Waals surface area (Å²) in [5.41, 5.74) is 11.7. The number of hydrogen-bond donors (Lipinski definition) is 1. The first kappa shape index (κ1) is 24.2. The van der Waals surface area contributed by atoms with E-state index in [1.54, 1.807) is 12.5 Å². The number of fused-ring (bicyclic) bond motifs is 3. The number of hydrogen-bond acceptors (Lipinski definition) is 6. The Labute approximate surface area is 231 Å². The van der Waals surface area contributed by atoms with Crippen molar-refractivity contribution in [1.29, 1.82) is 0 Å². The van der Waals surface area contributed by atoms with E-state index >= 15 is 0 Å². The second-order valence-electron chi connectivity index (χ2n) is 10.4.